The quantitative estimate of drug-likeness (QED) is 0.684. The number of likely N-dealkylation sites (tertiary alicyclic amines) is 1. The third-order valence-corrected chi connectivity index (χ3v) is 5.52. The van der Waals surface area contributed by atoms with Gasteiger partial charge in [0.15, 0.2) is 5.82 Å². The lowest BCUT2D eigenvalue weighted by atomic mass is 9.97. The van der Waals surface area contributed by atoms with E-state index in [1.807, 2.05) is 50.8 Å². The van der Waals surface area contributed by atoms with Gasteiger partial charge >= 0.3 is 0 Å². The Morgan fingerprint density at radius 1 is 1.29 bits per heavy atom. The second-order valence-corrected chi connectivity index (χ2v) is 7.42. The van der Waals surface area contributed by atoms with Crippen molar-refractivity contribution in [1.29, 1.82) is 0 Å². The number of imidazole rings is 1. The van der Waals surface area contributed by atoms with Gasteiger partial charge in [-0.25, -0.2) is 9.97 Å². The van der Waals surface area contributed by atoms with Gasteiger partial charge < -0.3 is 9.47 Å². The molecule has 146 valence electrons. The van der Waals surface area contributed by atoms with Gasteiger partial charge in [0.1, 0.15) is 5.82 Å². The summed E-state index contributed by atoms with van der Waals surface area (Å²) in [6.07, 6.45) is 9.84. The summed E-state index contributed by atoms with van der Waals surface area (Å²) in [5.41, 5.74) is 1.58. The van der Waals surface area contributed by atoms with Crippen molar-refractivity contribution in [3.05, 3.63) is 54.4 Å². The molecule has 1 saturated heterocycles. The third-order valence-electron chi connectivity index (χ3n) is 5.52. The smallest absolute Gasteiger partial charge is 0.254 e. The van der Waals surface area contributed by atoms with Gasteiger partial charge in [-0.05, 0) is 44.7 Å². The molecule has 4 rings (SSSR count). The van der Waals surface area contributed by atoms with E-state index >= 15 is 0 Å². The van der Waals surface area contributed by atoms with Crippen LogP contribution in [0.4, 0.5) is 0 Å². The number of hydrogen-bond acceptors (Lipinski definition) is 4. The van der Waals surface area contributed by atoms with Gasteiger partial charge in [0.25, 0.3) is 5.91 Å². The summed E-state index contributed by atoms with van der Waals surface area (Å²) in [4.78, 5) is 23.9. The molecule has 2 aromatic heterocycles. The van der Waals surface area contributed by atoms with Gasteiger partial charge in [-0.3, -0.25) is 9.48 Å². The minimum Gasteiger partial charge on any atom is -0.337 e. The number of benzene rings is 1. The Labute approximate surface area is 165 Å². The molecular weight excluding hydrogens is 352 g/mol. The molecule has 0 spiro atoms. The van der Waals surface area contributed by atoms with Crippen LogP contribution in [-0.4, -0.2) is 47.7 Å². The molecule has 3 heterocycles. The number of carbonyl (C=O) groups is 1. The predicted octanol–water partition coefficient (Wildman–Crippen LogP) is 3.07. The Bertz CT molecular complexity index is 926. The molecule has 1 fully saturated rings. The van der Waals surface area contributed by atoms with Gasteiger partial charge in [-0.15, -0.1) is 0 Å². The van der Waals surface area contributed by atoms with E-state index in [0.29, 0.717) is 11.4 Å². The lowest BCUT2D eigenvalue weighted by Gasteiger charge is -2.36. The number of rotatable bonds is 5. The van der Waals surface area contributed by atoms with Gasteiger partial charge in [0.2, 0.25) is 0 Å². The first-order valence-electron chi connectivity index (χ1n) is 9.86. The molecule has 0 aliphatic carbocycles. The normalized spacial score (nSPS) is 17.1. The van der Waals surface area contributed by atoms with Crippen LogP contribution in [-0.2, 0) is 13.6 Å². The molecule has 0 saturated carbocycles. The molecule has 1 atom stereocenters. The van der Waals surface area contributed by atoms with Crippen molar-refractivity contribution in [1.82, 2.24) is 29.2 Å². The van der Waals surface area contributed by atoms with Crippen LogP contribution < -0.4 is 0 Å². The molecule has 7 heteroatoms. The van der Waals surface area contributed by atoms with E-state index in [4.69, 9.17) is 0 Å². The Morgan fingerprint density at radius 3 is 2.93 bits per heavy atom. The van der Waals surface area contributed by atoms with E-state index in [1.54, 1.807) is 10.9 Å². The number of carbonyl (C=O) groups excluding carboxylic acids is 1. The fraction of sp³-hybridized carbons (Fsp3) is 0.429. The predicted molar refractivity (Wildman–Crippen MR) is 107 cm³/mol. The maximum Gasteiger partial charge on any atom is 0.254 e. The van der Waals surface area contributed by atoms with Crippen molar-refractivity contribution >= 4 is 5.91 Å². The standard InChI is InChI=1S/C21H26N6O/c1-16-23-20(24-25(16)2)17-6-5-7-18(14-17)21(28)27-11-4-3-8-19(27)9-12-26-13-10-22-15-26/h5-7,10,13-15,19H,3-4,8-9,11-12H2,1-2H3/t19-/m1/s1. The van der Waals surface area contributed by atoms with Gasteiger partial charge in [0, 0.05) is 49.7 Å². The lowest BCUT2D eigenvalue weighted by Crippen LogP contribution is -2.44. The zero-order valence-electron chi connectivity index (χ0n) is 16.5. The molecular formula is C21H26N6O. The van der Waals surface area contributed by atoms with Crippen LogP contribution in [0.25, 0.3) is 11.4 Å². The second-order valence-electron chi connectivity index (χ2n) is 7.42. The number of aromatic nitrogens is 5. The van der Waals surface area contributed by atoms with Crippen molar-refractivity contribution < 1.29 is 4.79 Å². The molecule has 1 aliphatic rings. The monoisotopic (exact) mass is 378 g/mol. The molecule has 0 unspecified atom stereocenters. The van der Waals surface area contributed by atoms with E-state index < -0.39 is 0 Å². The van der Waals surface area contributed by atoms with Crippen molar-refractivity contribution in [2.45, 2.75) is 45.2 Å². The van der Waals surface area contributed by atoms with Crippen molar-refractivity contribution in [2.75, 3.05) is 6.54 Å². The van der Waals surface area contributed by atoms with Crippen molar-refractivity contribution in [3.8, 4) is 11.4 Å². The largest absolute Gasteiger partial charge is 0.337 e. The summed E-state index contributed by atoms with van der Waals surface area (Å²) in [6.45, 7) is 3.62. The maximum atomic E-state index is 13.3. The Hall–Kier alpha value is -2.96. The van der Waals surface area contributed by atoms with Crippen LogP contribution in [0.1, 0.15) is 41.9 Å². The number of nitrogens with zero attached hydrogens (tertiary/aromatic N) is 6. The van der Waals surface area contributed by atoms with Gasteiger partial charge in [-0.2, -0.15) is 5.10 Å². The highest BCUT2D eigenvalue weighted by atomic mass is 16.2. The maximum absolute atomic E-state index is 13.3. The van der Waals surface area contributed by atoms with Gasteiger partial charge in [0.05, 0.1) is 6.33 Å². The van der Waals surface area contributed by atoms with E-state index in [0.717, 1.165) is 43.7 Å². The number of piperidine rings is 1. The summed E-state index contributed by atoms with van der Waals surface area (Å²) >= 11 is 0. The highest BCUT2D eigenvalue weighted by Gasteiger charge is 2.27. The Morgan fingerprint density at radius 2 is 2.18 bits per heavy atom. The number of aryl methyl sites for hydroxylation is 3. The topological polar surface area (TPSA) is 68.8 Å². The first-order valence-corrected chi connectivity index (χ1v) is 9.86. The minimum atomic E-state index is 0.102. The van der Waals surface area contributed by atoms with E-state index in [9.17, 15) is 4.79 Å². The van der Waals surface area contributed by atoms with Crippen LogP contribution in [0.15, 0.2) is 43.0 Å². The van der Waals surface area contributed by atoms with Crippen LogP contribution in [0.5, 0.6) is 0 Å². The van der Waals surface area contributed by atoms with E-state index in [1.165, 1.54) is 6.42 Å². The van der Waals surface area contributed by atoms with E-state index in [2.05, 4.69) is 24.5 Å². The average Bonchev–Trinajstić information content (AvgIpc) is 3.36. The zero-order valence-corrected chi connectivity index (χ0v) is 16.5. The number of amides is 1. The first-order chi connectivity index (χ1) is 13.6. The van der Waals surface area contributed by atoms with Crippen LogP contribution in [0, 0.1) is 6.92 Å². The highest BCUT2D eigenvalue weighted by Crippen LogP contribution is 2.24. The summed E-state index contributed by atoms with van der Waals surface area (Å²) in [7, 11) is 1.87. The summed E-state index contributed by atoms with van der Waals surface area (Å²) < 4.78 is 3.83. The highest BCUT2D eigenvalue weighted by molar-refractivity contribution is 5.95. The van der Waals surface area contributed by atoms with Crippen LogP contribution >= 0.6 is 0 Å². The second kappa shape index (κ2) is 7.96. The molecule has 3 aromatic rings. The molecule has 0 bridgehead atoms. The molecule has 1 aromatic carbocycles. The summed E-state index contributed by atoms with van der Waals surface area (Å²) in [6, 6.07) is 7.95. The molecule has 0 radical (unpaired) electrons. The molecule has 7 nitrogen and oxygen atoms in total. The molecule has 28 heavy (non-hydrogen) atoms. The van der Waals surface area contributed by atoms with Gasteiger partial charge in [-0.1, -0.05) is 12.1 Å². The third kappa shape index (κ3) is 3.83. The zero-order chi connectivity index (χ0) is 19.5. The summed E-state index contributed by atoms with van der Waals surface area (Å²) in [5.74, 6) is 1.61. The minimum absolute atomic E-state index is 0.102. The van der Waals surface area contributed by atoms with Crippen molar-refractivity contribution in [2.24, 2.45) is 7.05 Å². The lowest BCUT2D eigenvalue weighted by molar-refractivity contribution is 0.0595. The van der Waals surface area contributed by atoms with E-state index in [-0.39, 0.29) is 11.9 Å². The number of hydrogen-bond donors (Lipinski definition) is 0. The molecule has 1 aliphatic heterocycles. The van der Waals surface area contributed by atoms with Crippen molar-refractivity contribution in [3.63, 3.8) is 0 Å². The fourth-order valence-corrected chi connectivity index (χ4v) is 3.83. The first kappa shape index (κ1) is 18.4. The summed E-state index contributed by atoms with van der Waals surface area (Å²) in [5, 5.41) is 4.44. The average molecular weight is 378 g/mol. The molecule has 0 N–H and O–H groups in total. The molecule has 1 amide bonds. The van der Waals surface area contributed by atoms with Crippen LogP contribution in [0.3, 0.4) is 0 Å². The van der Waals surface area contributed by atoms with Crippen LogP contribution in [0.2, 0.25) is 0 Å². The fourth-order valence-electron chi connectivity index (χ4n) is 3.83. The Balaban J connectivity index is 1.52. The SMILES string of the molecule is Cc1nc(-c2cccc(C(=O)N3CCCC[C@@H]3CCn3ccnc3)c2)nn1C. The Kier molecular flexibility index (Phi) is 5.23.